The van der Waals surface area contributed by atoms with Crippen LogP contribution in [0, 0.1) is 0 Å². The van der Waals surface area contributed by atoms with Crippen molar-refractivity contribution in [1.82, 2.24) is 20.1 Å². The average molecular weight is 209 g/mol. The molecule has 1 aliphatic carbocycles. The average Bonchev–Trinajstić information content (AvgIpc) is 2.61. The van der Waals surface area contributed by atoms with Crippen LogP contribution in [-0.4, -0.2) is 26.8 Å². The van der Waals surface area contributed by atoms with E-state index in [0.29, 0.717) is 12.1 Å². The first-order valence-corrected chi connectivity index (χ1v) is 5.57. The molecule has 1 aromatic heterocycles. The molecule has 5 heteroatoms. The van der Waals surface area contributed by atoms with Crippen LogP contribution in [0.4, 0.5) is 0 Å². The van der Waals surface area contributed by atoms with Gasteiger partial charge in [0, 0.05) is 19.1 Å². The number of aryl methyl sites for hydroxylation is 1. The van der Waals surface area contributed by atoms with Crippen LogP contribution in [-0.2, 0) is 13.6 Å². The monoisotopic (exact) mass is 209 g/mol. The number of nitrogens with zero attached hydrogens (tertiary/aromatic N) is 3. The van der Waals surface area contributed by atoms with Crippen LogP contribution in [0.2, 0.25) is 0 Å². The van der Waals surface area contributed by atoms with Gasteiger partial charge in [0.05, 0.1) is 6.54 Å². The van der Waals surface area contributed by atoms with Gasteiger partial charge in [-0.2, -0.15) is 0 Å². The lowest BCUT2D eigenvalue weighted by molar-refractivity contribution is 0.335. The van der Waals surface area contributed by atoms with Crippen molar-refractivity contribution in [1.29, 1.82) is 0 Å². The molecule has 15 heavy (non-hydrogen) atoms. The van der Waals surface area contributed by atoms with Crippen LogP contribution in [0.5, 0.6) is 0 Å². The standard InChI is InChI=1S/C10H19N5/c1-15-7-13-14-10(15)6-12-9-4-2-3-8(11)5-9/h7-9,12H,2-6,11H2,1H3. The van der Waals surface area contributed by atoms with Crippen LogP contribution in [0.15, 0.2) is 6.33 Å². The molecule has 0 spiro atoms. The first-order chi connectivity index (χ1) is 7.25. The Labute approximate surface area is 90.1 Å². The molecule has 0 aromatic carbocycles. The zero-order chi connectivity index (χ0) is 10.7. The Balaban J connectivity index is 1.80. The summed E-state index contributed by atoms with van der Waals surface area (Å²) < 4.78 is 1.94. The molecule has 1 fully saturated rings. The molecule has 5 nitrogen and oxygen atoms in total. The largest absolute Gasteiger partial charge is 0.328 e. The highest BCUT2D eigenvalue weighted by Crippen LogP contribution is 2.16. The lowest BCUT2D eigenvalue weighted by Gasteiger charge is -2.27. The van der Waals surface area contributed by atoms with E-state index in [-0.39, 0.29) is 0 Å². The summed E-state index contributed by atoms with van der Waals surface area (Å²) in [5.41, 5.74) is 5.93. The Morgan fingerprint density at radius 1 is 1.60 bits per heavy atom. The molecular weight excluding hydrogens is 190 g/mol. The number of aromatic nitrogens is 3. The fourth-order valence-corrected chi connectivity index (χ4v) is 2.12. The summed E-state index contributed by atoms with van der Waals surface area (Å²) in [6.07, 6.45) is 6.44. The van der Waals surface area contributed by atoms with Crippen molar-refractivity contribution in [2.75, 3.05) is 0 Å². The maximum atomic E-state index is 5.93. The Kier molecular flexibility index (Phi) is 3.33. The van der Waals surface area contributed by atoms with E-state index >= 15 is 0 Å². The topological polar surface area (TPSA) is 68.8 Å². The van der Waals surface area contributed by atoms with Crippen molar-refractivity contribution in [3.63, 3.8) is 0 Å². The number of hydrogen-bond donors (Lipinski definition) is 2. The van der Waals surface area contributed by atoms with Crippen LogP contribution in [0.1, 0.15) is 31.5 Å². The fourth-order valence-electron chi connectivity index (χ4n) is 2.12. The third kappa shape index (κ3) is 2.76. The van der Waals surface area contributed by atoms with Crippen molar-refractivity contribution in [3.8, 4) is 0 Å². The molecular formula is C10H19N5. The number of rotatable bonds is 3. The minimum Gasteiger partial charge on any atom is -0.328 e. The van der Waals surface area contributed by atoms with Gasteiger partial charge in [0.25, 0.3) is 0 Å². The van der Waals surface area contributed by atoms with Gasteiger partial charge in [0.1, 0.15) is 12.2 Å². The Morgan fingerprint density at radius 2 is 2.47 bits per heavy atom. The lowest BCUT2D eigenvalue weighted by Crippen LogP contribution is -2.39. The summed E-state index contributed by atoms with van der Waals surface area (Å²) in [5.74, 6) is 0.981. The lowest BCUT2D eigenvalue weighted by atomic mass is 9.92. The third-order valence-electron chi connectivity index (χ3n) is 3.07. The van der Waals surface area contributed by atoms with Gasteiger partial charge in [0.15, 0.2) is 0 Å². The van der Waals surface area contributed by atoms with Crippen molar-refractivity contribution in [3.05, 3.63) is 12.2 Å². The molecule has 1 aliphatic rings. The number of nitrogens with one attached hydrogen (secondary N) is 1. The van der Waals surface area contributed by atoms with Crippen LogP contribution >= 0.6 is 0 Å². The normalized spacial score (nSPS) is 26.8. The fraction of sp³-hybridized carbons (Fsp3) is 0.800. The summed E-state index contributed by atoms with van der Waals surface area (Å²) in [4.78, 5) is 0. The second kappa shape index (κ2) is 4.72. The molecule has 0 radical (unpaired) electrons. The van der Waals surface area contributed by atoms with Crippen molar-refractivity contribution >= 4 is 0 Å². The first-order valence-electron chi connectivity index (χ1n) is 5.57. The summed E-state index contributed by atoms with van der Waals surface area (Å²) in [5, 5.41) is 11.4. The summed E-state index contributed by atoms with van der Waals surface area (Å²) in [6.45, 7) is 0.786. The minimum atomic E-state index is 0.371. The highest BCUT2D eigenvalue weighted by atomic mass is 15.3. The molecule has 2 atom stereocenters. The summed E-state index contributed by atoms with van der Waals surface area (Å²) in [7, 11) is 1.96. The predicted octanol–water partition coefficient (Wildman–Crippen LogP) is 0.175. The van der Waals surface area contributed by atoms with Crippen LogP contribution < -0.4 is 11.1 Å². The van der Waals surface area contributed by atoms with Gasteiger partial charge in [-0.1, -0.05) is 6.42 Å². The van der Waals surface area contributed by atoms with Gasteiger partial charge in [-0.05, 0) is 19.3 Å². The Bertz CT molecular complexity index is 309. The summed E-state index contributed by atoms with van der Waals surface area (Å²) >= 11 is 0. The molecule has 0 aliphatic heterocycles. The maximum absolute atomic E-state index is 5.93. The van der Waals surface area contributed by atoms with E-state index in [0.717, 1.165) is 18.8 Å². The predicted molar refractivity (Wildman–Crippen MR) is 58.1 cm³/mol. The number of hydrogen-bond acceptors (Lipinski definition) is 4. The van der Waals surface area contributed by atoms with Crippen molar-refractivity contribution in [2.45, 2.75) is 44.3 Å². The zero-order valence-electron chi connectivity index (χ0n) is 9.19. The molecule has 0 bridgehead atoms. The van der Waals surface area contributed by atoms with E-state index < -0.39 is 0 Å². The second-order valence-electron chi connectivity index (χ2n) is 4.36. The van der Waals surface area contributed by atoms with E-state index in [2.05, 4.69) is 15.5 Å². The van der Waals surface area contributed by atoms with Gasteiger partial charge in [-0.15, -0.1) is 10.2 Å². The first kappa shape index (κ1) is 10.6. The molecule has 0 saturated heterocycles. The maximum Gasteiger partial charge on any atom is 0.146 e. The highest BCUT2D eigenvalue weighted by Gasteiger charge is 2.18. The second-order valence-corrected chi connectivity index (χ2v) is 4.36. The van der Waals surface area contributed by atoms with Gasteiger partial charge >= 0.3 is 0 Å². The zero-order valence-corrected chi connectivity index (χ0v) is 9.19. The van der Waals surface area contributed by atoms with E-state index in [9.17, 15) is 0 Å². The molecule has 1 saturated carbocycles. The molecule has 1 heterocycles. The Morgan fingerprint density at radius 3 is 3.13 bits per heavy atom. The Hall–Kier alpha value is -0.940. The number of nitrogens with two attached hydrogens (primary N) is 1. The summed E-state index contributed by atoms with van der Waals surface area (Å²) in [6, 6.07) is 0.918. The van der Waals surface area contributed by atoms with Crippen molar-refractivity contribution in [2.24, 2.45) is 12.8 Å². The molecule has 0 amide bonds. The third-order valence-corrected chi connectivity index (χ3v) is 3.07. The molecule has 1 aromatic rings. The van der Waals surface area contributed by atoms with E-state index in [1.165, 1.54) is 19.3 Å². The van der Waals surface area contributed by atoms with Gasteiger partial charge in [-0.25, -0.2) is 0 Å². The quantitative estimate of drug-likeness (QED) is 0.745. The van der Waals surface area contributed by atoms with Gasteiger partial charge in [0.2, 0.25) is 0 Å². The van der Waals surface area contributed by atoms with Crippen LogP contribution in [0.3, 0.4) is 0 Å². The molecule has 2 unspecified atom stereocenters. The van der Waals surface area contributed by atoms with E-state index in [1.54, 1.807) is 6.33 Å². The SMILES string of the molecule is Cn1cnnc1CNC1CCCC(N)C1. The van der Waals surface area contributed by atoms with Crippen molar-refractivity contribution < 1.29 is 0 Å². The van der Waals surface area contributed by atoms with Gasteiger partial charge in [-0.3, -0.25) is 0 Å². The highest BCUT2D eigenvalue weighted by molar-refractivity contribution is 4.86. The molecule has 3 N–H and O–H groups in total. The molecule has 84 valence electrons. The molecule has 2 rings (SSSR count). The van der Waals surface area contributed by atoms with Crippen LogP contribution in [0.25, 0.3) is 0 Å². The van der Waals surface area contributed by atoms with E-state index in [4.69, 9.17) is 5.73 Å². The van der Waals surface area contributed by atoms with E-state index in [1.807, 2.05) is 11.6 Å². The smallest absolute Gasteiger partial charge is 0.146 e. The minimum absolute atomic E-state index is 0.371. The van der Waals surface area contributed by atoms with Gasteiger partial charge < -0.3 is 15.6 Å².